The zero-order chi connectivity index (χ0) is 13.2. The van der Waals surface area contributed by atoms with E-state index < -0.39 is 0 Å². The Kier molecular flexibility index (Phi) is 3.28. The molecule has 0 aliphatic carbocycles. The zero-order valence-corrected chi connectivity index (χ0v) is 11.3. The van der Waals surface area contributed by atoms with E-state index in [1.807, 2.05) is 36.4 Å². The van der Waals surface area contributed by atoms with E-state index in [-0.39, 0.29) is 0 Å². The molecule has 0 amide bonds. The smallest absolute Gasteiger partial charge is 0.219 e. The number of ether oxygens (including phenoxy) is 1. The third kappa shape index (κ3) is 2.65. The van der Waals surface area contributed by atoms with E-state index in [1.165, 1.54) is 0 Å². The highest BCUT2D eigenvalue weighted by Crippen LogP contribution is 2.31. The maximum atomic E-state index is 6.06. The van der Waals surface area contributed by atoms with Crippen LogP contribution in [0, 0.1) is 0 Å². The predicted octanol–water partition coefficient (Wildman–Crippen LogP) is 5.33. The molecule has 0 N–H and O–H groups in total. The molecule has 2 aromatic carbocycles. The van der Waals surface area contributed by atoms with Gasteiger partial charge in [-0.05, 0) is 30.3 Å². The zero-order valence-electron chi connectivity index (χ0n) is 9.81. The molecule has 2 nitrogen and oxygen atoms in total. The molecule has 94 valence electrons. The van der Waals surface area contributed by atoms with Gasteiger partial charge in [-0.25, -0.2) is 4.98 Å². The number of hydrogen-bond acceptors (Lipinski definition) is 2. The summed E-state index contributed by atoms with van der Waals surface area (Å²) in [5, 5.41) is 2.10. The van der Waals surface area contributed by atoms with E-state index in [2.05, 4.69) is 4.98 Å². The lowest BCUT2D eigenvalue weighted by Gasteiger charge is -2.07. The molecule has 0 aliphatic rings. The summed E-state index contributed by atoms with van der Waals surface area (Å²) in [5.74, 6) is 1.04. The van der Waals surface area contributed by atoms with E-state index >= 15 is 0 Å². The molecule has 0 saturated carbocycles. The highest BCUT2D eigenvalue weighted by atomic mass is 35.5. The van der Waals surface area contributed by atoms with Gasteiger partial charge in [0, 0.05) is 16.5 Å². The van der Waals surface area contributed by atoms with Gasteiger partial charge in [0.2, 0.25) is 5.88 Å². The van der Waals surface area contributed by atoms with Gasteiger partial charge in [0.15, 0.2) is 0 Å². The molecular weight excluding hydrogens is 281 g/mol. The second kappa shape index (κ2) is 5.08. The van der Waals surface area contributed by atoms with Gasteiger partial charge < -0.3 is 4.74 Å². The topological polar surface area (TPSA) is 22.1 Å². The Morgan fingerprint density at radius 1 is 0.895 bits per heavy atom. The number of rotatable bonds is 2. The predicted molar refractivity (Wildman–Crippen MR) is 78.3 cm³/mol. The quantitative estimate of drug-likeness (QED) is 0.636. The van der Waals surface area contributed by atoms with Gasteiger partial charge in [-0.15, -0.1) is 0 Å². The summed E-state index contributed by atoms with van der Waals surface area (Å²) in [5.41, 5.74) is 0.880. The van der Waals surface area contributed by atoms with Gasteiger partial charge in [-0.3, -0.25) is 0 Å². The Balaban J connectivity index is 1.96. The molecule has 0 atom stereocenters. The lowest BCUT2D eigenvalue weighted by Crippen LogP contribution is -1.89. The van der Waals surface area contributed by atoms with Crippen molar-refractivity contribution in [1.82, 2.24) is 4.98 Å². The first-order valence-corrected chi connectivity index (χ1v) is 6.47. The molecule has 3 rings (SSSR count). The van der Waals surface area contributed by atoms with Gasteiger partial charge in [-0.1, -0.05) is 41.4 Å². The highest BCUT2D eigenvalue weighted by molar-refractivity contribution is 6.35. The van der Waals surface area contributed by atoms with Gasteiger partial charge in [-0.2, -0.15) is 0 Å². The number of para-hydroxylation sites is 1. The van der Waals surface area contributed by atoms with Gasteiger partial charge in [0.05, 0.1) is 10.5 Å². The van der Waals surface area contributed by atoms with Crippen LogP contribution in [0.4, 0.5) is 0 Å². The van der Waals surface area contributed by atoms with Crippen LogP contribution in [0.3, 0.4) is 0 Å². The van der Waals surface area contributed by atoms with Crippen LogP contribution >= 0.6 is 23.2 Å². The Morgan fingerprint density at radius 3 is 2.58 bits per heavy atom. The molecule has 0 unspecified atom stereocenters. The fourth-order valence-electron chi connectivity index (χ4n) is 1.77. The minimum absolute atomic E-state index is 0.461. The Bertz CT molecular complexity index is 743. The third-order valence-corrected chi connectivity index (χ3v) is 3.21. The molecule has 3 aromatic rings. The van der Waals surface area contributed by atoms with E-state index in [9.17, 15) is 0 Å². The molecule has 4 heteroatoms. The van der Waals surface area contributed by atoms with E-state index in [0.717, 1.165) is 10.9 Å². The van der Waals surface area contributed by atoms with Crippen molar-refractivity contribution < 1.29 is 4.74 Å². The number of aromatic nitrogens is 1. The molecule has 0 spiro atoms. The average Bonchev–Trinajstić information content (AvgIpc) is 2.42. The summed E-state index contributed by atoms with van der Waals surface area (Å²) in [7, 11) is 0. The van der Waals surface area contributed by atoms with Crippen molar-refractivity contribution >= 4 is 34.1 Å². The number of hydrogen-bond donors (Lipinski definition) is 0. The van der Waals surface area contributed by atoms with Crippen LogP contribution < -0.4 is 4.74 Å². The van der Waals surface area contributed by atoms with E-state index in [0.29, 0.717) is 21.7 Å². The summed E-state index contributed by atoms with van der Waals surface area (Å²) in [6.07, 6.45) is 0. The first-order valence-electron chi connectivity index (χ1n) is 5.71. The van der Waals surface area contributed by atoms with Crippen LogP contribution in [0.2, 0.25) is 10.0 Å². The number of fused-ring (bicyclic) bond motifs is 1. The van der Waals surface area contributed by atoms with Crippen LogP contribution in [0.5, 0.6) is 11.6 Å². The molecule has 0 aliphatic heterocycles. The van der Waals surface area contributed by atoms with Crippen molar-refractivity contribution in [2.45, 2.75) is 0 Å². The standard InChI is InChI=1S/C15H9Cl2NO/c16-11-6-7-14(12(17)9-11)19-15-8-5-10-3-1-2-4-13(10)18-15/h1-9H. The Labute approximate surface area is 120 Å². The van der Waals surface area contributed by atoms with Crippen molar-refractivity contribution in [3.05, 3.63) is 64.6 Å². The van der Waals surface area contributed by atoms with Crippen molar-refractivity contribution in [2.75, 3.05) is 0 Å². The largest absolute Gasteiger partial charge is 0.437 e. The van der Waals surface area contributed by atoms with Crippen LogP contribution in [0.15, 0.2) is 54.6 Å². The van der Waals surface area contributed by atoms with E-state index in [4.69, 9.17) is 27.9 Å². The Hall–Kier alpha value is -1.77. The van der Waals surface area contributed by atoms with Crippen molar-refractivity contribution in [3.63, 3.8) is 0 Å². The normalized spacial score (nSPS) is 10.6. The second-order valence-electron chi connectivity index (χ2n) is 4.02. The maximum absolute atomic E-state index is 6.06. The maximum Gasteiger partial charge on any atom is 0.219 e. The third-order valence-electron chi connectivity index (χ3n) is 2.68. The summed E-state index contributed by atoms with van der Waals surface area (Å²) < 4.78 is 5.67. The summed E-state index contributed by atoms with van der Waals surface area (Å²) in [6, 6.07) is 16.7. The molecule has 0 fully saturated rings. The van der Waals surface area contributed by atoms with Crippen molar-refractivity contribution in [1.29, 1.82) is 0 Å². The lowest BCUT2D eigenvalue weighted by atomic mass is 10.2. The fraction of sp³-hybridized carbons (Fsp3) is 0. The SMILES string of the molecule is Clc1ccc(Oc2ccc3ccccc3n2)c(Cl)c1. The van der Waals surface area contributed by atoms with Gasteiger partial charge in [0.1, 0.15) is 5.75 Å². The molecule has 19 heavy (non-hydrogen) atoms. The number of pyridine rings is 1. The second-order valence-corrected chi connectivity index (χ2v) is 4.86. The summed E-state index contributed by atoms with van der Waals surface area (Å²) >= 11 is 11.9. The first-order chi connectivity index (χ1) is 9.22. The van der Waals surface area contributed by atoms with Crippen molar-refractivity contribution in [2.24, 2.45) is 0 Å². The highest BCUT2D eigenvalue weighted by Gasteiger charge is 2.05. The fourth-order valence-corrected chi connectivity index (χ4v) is 2.22. The average molecular weight is 290 g/mol. The lowest BCUT2D eigenvalue weighted by molar-refractivity contribution is 0.465. The molecule has 1 heterocycles. The van der Waals surface area contributed by atoms with Crippen LogP contribution in [0.25, 0.3) is 10.9 Å². The number of benzene rings is 2. The van der Waals surface area contributed by atoms with Gasteiger partial charge >= 0.3 is 0 Å². The monoisotopic (exact) mass is 289 g/mol. The van der Waals surface area contributed by atoms with Gasteiger partial charge in [0.25, 0.3) is 0 Å². The Morgan fingerprint density at radius 2 is 1.74 bits per heavy atom. The minimum atomic E-state index is 0.461. The summed E-state index contributed by atoms with van der Waals surface area (Å²) in [4.78, 5) is 4.42. The van der Waals surface area contributed by atoms with Crippen LogP contribution in [0.1, 0.15) is 0 Å². The first kappa shape index (κ1) is 12.3. The molecule has 0 saturated heterocycles. The molecule has 1 aromatic heterocycles. The number of halogens is 2. The number of nitrogens with zero attached hydrogens (tertiary/aromatic N) is 1. The summed E-state index contributed by atoms with van der Waals surface area (Å²) in [6.45, 7) is 0. The molecule has 0 radical (unpaired) electrons. The van der Waals surface area contributed by atoms with Crippen LogP contribution in [-0.4, -0.2) is 4.98 Å². The van der Waals surface area contributed by atoms with E-state index in [1.54, 1.807) is 18.2 Å². The van der Waals surface area contributed by atoms with Crippen molar-refractivity contribution in [3.8, 4) is 11.6 Å². The molecular formula is C15H9Cl2NO. The minimum Gasteiger partial charge on any atom is -0.437 e. The van der Waals surface area contributed by atoms with Crippen LogP contribution in [-0.2, 0) is 0 Å². The molecule has 0 bridgehead atoms.